The van der Waals surface area contributed by atoms with Crippen LogP contribution in [0.5, 0.6) is 0 Å². The molecule has 1 aromatic carbocycles. The van der Waals surface area contributed by atoms with Gasteiger partial charge >= 0.3 is 5.97 Å². The van der Waals surface area contributed by atoms with Crippen LogP contribution in [0, 0.1) is 17.0 Å². The fraction of sp³-hybridized carbons (Fsp3) is 0.429. The molecule has 1 aromatic rings. The minimum absolute atomic E-state index is 0.0503. The minimum atomic E-state index is -1.15. The number of anilines is 1. The van der Waals surface area contributed by atoms with Crippen molar-refractivity contribution in [2.75, 3.05) is 5.32 Å². The Labute approximate surface area is 127 Å². The highest BCUT2D eigenvalue weighted by molar-refractivity contribution is 5.95. The number of carbonyl (C=O) groups excluding carboxylic acids is 1. The molecule has 3 N–H and O–H groups in total. The van der Waals surface area contributed by atoms with E-state index in [2.05, 4.69) is 10.6 Å². The first-order valence-electron chi connectivity index (χ1n) is 6.74. The lowest BCUT2D eigenvalue weighted by molar-refractivity contribution is -0.384. The Balaban J connectivity index is 2.84. The molecular formula is C14H19N3O5. The summed E-state index contributed by atoms with van der Waals surface area (Å²) in [6, 6.07) is 3.24. The van der Waals surface area contributed by atoms with Crippen LogP contribution >= 0.6 is 0 Å². The van der Waals surface area contributed by atoms with Gasteiger partial charge in [0.05, 0.1) is 11.3 Å². The molecule has 8 nitrogen and oxygen atoms in total. The molecule has 0 aliphatic rings. The molecule has 0 radical (unpaired) electrons. The quantitative estimate of drug-likeness (QED) is 0.520. The van der Waals surface area contributed by atoms with E-state index in [4.69, 9.17) is 5.11 Å². The standard InChI is InChI=1S/C14H19N3O5/c1-8(2)15-11(14(19)20)7-13(18)16-10-5-4-9(3)6-12(10)17(21)22/h4-6,8,11,15H,7H2,1-3H3,(H,16,18)(H,19,20)/t11-/m1/s1. The second-order valence-corrected chi connectivity index (χ2v) is 5.24. The van der Waals surface area contributed by atoms with Crippen molar-refractivity contribution < 1.29 is 19.6 Å². The normalized spacial score (nSPS) is 12.0. The summed E-state index contributed by atoms with van der Waals surface area (Å²) in [4.78, 5) is 33.4. The van der Waals surface area contributed by atoms with Gasteiger partial charge in [-0.1, -0.05) is 19.9 Å². The van der Waals surface area contributed by atoms with Crippen molar-refractivity contribution in [2.24, 2.45) is 0 Å². The van der Waals surface area contributed by atoms with Gasteiger partial charge in [0.1, 0.15) is 11.7 Å². The highest BCUT2D eigenvalue weighted by Crippen LogP contribution is 2.25. The maximum Gasteiger partial charge on any atom is 0.321 e. The predicted octanol–water partition coefficient (Wildman–Crippen LogP) is 1.68. The molecule has 0 fully saturated rings. The zero-order valence-electron chi connectivity index (χ0n) is 12.6. The number of aliphatic carboxylic acids is 1. The molecule has 22 heavy (non-hydrogen) atoms. The zero-order chi connectivity index (χ0) is 16.9. The van der Waals surface area contributed by atoms with Crippen molar-refractivity contribution >= 4 is 23.3 Å². The summed E-state index contributed by atoms with van der Waals surface area (Å²) >= 11 is 0. The average Bonchev–Trinajstić information content (AvgIpc) is 2.39. The van der Waals surface area contributed by atoms with Crippen molar-refractivity contribution in [1.82, 2.24) is 5.32 Å². The van der Waals surface area contributed by atoms with Crippen LogP contribution in [0.1, 0.15) is 25.8 Å². The molecule has 0 spiro atoms. The number of aryl methyl sites for hydroxylation is 1. The fourth-order valence-corrected chi connectivity index (χ4v) is 1.90. The number of amides is 1. The Kier molecular flexibility index (Phi) is 6.00. The lowest BCUT2D eigenvalue weighted by Gasteiger charge is -2.16. The maximum absolute atomic E-state index is 11.9. The molecule has 0 aliphatic heterocycles. The number of hydrogen-bond acceptors (Lipinski definition) is 5. The molecule has 0 unspecified atom stereocenters. The van der Waals surface area contributed by atoms with E-state index < -0.39 is 22.8 Å². The van der Waals surface area contributed by atoms with E-state index in [0.29, 0.717) is 5.56 Å². The minimum Gasteiger partial charge on any atom is -0.480 e. The Hall–Kier alpha value is -2.48. The summed E-state index contributed by atoms with van der Waals surface area (Å²) in [6.45, 7) is 5.23. The Morgan fingerprint density at radius 3 is 2.50 bits per heavy atom. The van der Waals surface area contributed by atoms with E-state index >= 15 is 0 Å². The molecule has 120 valence electrons. The van der Waals surface area contributed by atoms with Gasteiger partial charge < -0.3 is 15.7 Å². The van der Waals surface area contributed by atoms with Crippen LogP contribution in [-0.4, -0.2) is 34.0 Å². The Bertz CT molecular complexity index is 586. The van der Waals surface area contributed by atoms with Crippen LogP contribution < -0.4 is 10.6 Å². The number of carbonyl (C=O) groups is 2. The summed E-state index contributed by atoms with van der Waals surface area (Å²) in [5, 5.41) is 25.2. The molecule has 0 saturated carbocycles. The van der Waals surface area contributed by atoms with E-state index in [-0.39, 0.29) is 23.8 Å². The van der Waals surface area contributed by atoms with E-state index in [1.807, 2.05) is 0 Å². The van der Waals surface area contributed by atoms with Gasteiger partial charge in [0.2, 0.25) is 5.91 Å². The fourth-order valence-electron chi connectivity index (χ4n) is 1.90. The van der Waals surface area contributed by atoms with Gasteiger partial charge in [0.25, 0.3) is 5.69 Å². The van der Waals surface area contributed by atoms with E-state index in [1.54, 1.807) is 26.8 Å². The topological polar surface area (TPSA) is 122 Å². The molecule has 0 saturated heterocycles. The predicted molar refractivity (Wildman–Crippen MR) is 80.8 cm³/mol. The lowest BCUT2D eigenvalue weighted by Crippen LogP contribution is -2.43. The summed E-state index contributed by atoms with van der Waals surface area (Å²) < 4.78 is 0. The zero-order valence-corrected chi connectivity index (χ0v) is 12.6. The number of benzene rings is 1. The first-order chi connectivity index (χ1) is 10.2. The third-order valence-electron chi connectivity index (χ3n) is 2.85. The highest BCUT2D eigenvalue weighted by atomic mass is 16.6. The van der Waals surface area contributed by atoms with Crippen LogP contribution in [0.25, 0.3) is 0 Å². The van der Waals surface area contributed by atoms with Gasteiger partial charge in [0, 0.05) is 12.1 Å². The van der Waals surface area contributed by atoms with Gasteiger partial charge in [-0.15, -0.1) is 0 Å². The number of carboxylic acid groups (broad SMARTS) is 1. The van der Waals surface area contributed by atoms with Gasteiger partial charge in [-0.05, 0) is 18.6 Å². The van der Waals surface area contributed by atoms with Crippen molar-refractivity contribution in [1.29, 1.82) is 0 Å². The monoisotopic (exact) mass is 309 g/mol. The maximum atomic E-state index is 11.9. The summed E-state index contributed by atoms with van der Waals surface area (Å²) in [5.74, 6) is -1.75. The van der Waals surface area contributed by atoms with Gasteiger partial charge in [-0.25, -0.2) is 0 Å². The molecule has 0 heterocycles. The van der Waals surface area contributed by atoms with E-state index in [0.717, 1.165) is 0 Å². The Morgan fingerprint density at radius 1 is 1.36 bits per heavy atom. The van der Waals surface area contributed by atoms with Gasteiger partial charge in [-0.3, -0.25) is 19.7 Å². The van der Waals surface area contributed by atoms with Gasteiger partial charge in [-0.2, -0.15) is 0 Å². The van der Waals surface area contributed by atoms with Crippen molar-refractivity contribution in [3.8, 4) is 0 Å². The lowest BCUT2D eigenvalue weighted by atomic mass is 10.1. The summed E-state index contributed by atoms with van der Waals surface area (Å²) in [6.07, 6.45) is -0.321. The first kappa shape index (κ1) is 17.6. The molecule has 0 bridgehead atoms. The second kappa shape index (κ2) is 7.51. The molecule has 1 atom stereocenters. The van der Waals surface area contributed by atoms with Crippen LogP contribution in [0.2, 0.25) is 0 Å². The average molecular weight is 309 g/mol. The number of hydrogen-bond donors (Lipinski definition) is 3. The number of carboxylic acids is 1. The smallest absolute Gasteiger partial charge is 0.321 e. The SMILES string of the molecule is Cc1ccc(NC(=O)C[C@@H](NC(C)C)C(=O)O)c([N+](=O)[O-])c1. The highest BCUT2D eigenvalue weighted by Gasteiger charge is 2.23. The van der Waals surface area contributed by atoms with Crippen LogP contribution in [-0.2, 0) is 9.59 Å². The second-order valence-electron chi connectivity index (χ2n) is 5.24. The van der Waals surface area contributed by atoms with Crippen molar-refractivity contribution in [3.05, 3.63) is 33.9 Å². The van der Waals surface area contributed by atoms with Gasteiger partial charge in [0.15, 0.2) is 0 Å². The molecule has 1 rings (SSSR count). The number of nitro benzene ring substituents is 1. The molecular weight excluding hydrogens is 290 g/mol. The largest absolute Gasteiger partial charge is 0.480 e. The van der Waals surface area contributed by atoms with E-state index in [9.17, 15) is 19.7 Å². The molecule has 0 aromatic heterocycles. The van der Waals surface area contributed by atoms with Crippen molar-refractivity contribution in [2.45, 2.75) is 39.3 Å². The third-order valence-corrected chi connectivity index (χ3v) is 2.85. The van der Waals surface area contributed by atoms with Crippen molar-refractivity contribution in [3.63, 3.8) is 0 Å². The molecule has 0 aliphatic carbocycles. The molecule has 1 amide bonds. The third kappa shape index (κ3) is 5.13. The van der Waals surface area contributed by atoms with E-state index in [1.165, 1.54) is 12.1 Å². The summed E-state index contributed by atoms with van der Waals surface area (Å²) in [7, 11) is 0. The van der Waals surface area contributed by atoms with Crippen LogP contribution in [0.3, 0.4) is 0 Å². The summed E-state index contributed by atoms with van der Waals surface area (Å²) in [5.41, 5.74) is 0.515. The molecule has 8 heteroatoms. The Morgan fingerprint density at radius 2 is 2.00 bits per heavy atom. The number of nitrogens with one attached hydrogen (secondary N) is 2. The van der Waals surface area contributed by atoms with Crippen LogP contribution in [0.15, 0.2) is 18.2 Å². The van der Waals surface area contributed by atoms with Crippen LogP contribution in [0.4, 0.5) is 11.4 Å². The number of nitro groups is 1. The number of rotatable bonds is 7. The first-order valence-corrected chi connectivity index (χ1v) is 6.74. The number of nitrogens with zero attached hydrogens (tertiary/aromatic N) is 1.